The van der Waals surface area contributed by atoms with E-state index in [1.54, 1.807) is 0 Å². The van der Waals surface area contributed by atoms with Crippen LogP contribution in [0.25, 0.3) is 0 Å². The lowest BCUT2D eigenvalue weighted by atomic mass is 10.1. The summed E-state index contributed by atoms with van der Waals surface area (Å²) in [5.41, 5.74) is 0. The molecule has 0 radical (unpaired) electrons. The minimum absolute atomic E-state index is 1.12. The van der Waals surface area contributed by atoms with Crippen molar-refractivity contribution in [2.75, 3.05) is 27.7 Å². The number of quaternary nitrogens is 1. The Hall–Kier alpha value is -0.550. The standard InChI is InChI=1S/C15H34N.CN/c1-5-6-7-8-9-10-11-12-13-14-15-16(2,3)4;1-2/h5-15H2,1-4H3;/q+1;-1. The van der Waals surface area contributed by atoms with Crippen LogP contribution in [0.3, 0.4) is 0 Å². The monoisotopic (exact) mass is 254 g/mol. The lowest BCUT2D eigenvalue weighted by molar-refractivity contribution is -0.870. The van der Waals surface area contributed by atoms with Crippen LogP contribution < -0.4 is 0 Å². The molecule has 18 heavy (non-hydrogen) atoms. The molecule has 0 rings (SSSR count). The Morgan fingerprint density at radius 1 is 0.667 bits per heavy atom. The summed E-state index contributed by atoms with van der Waals surface area (Å²) >= 11 is 0. The van der Waals surface area contributed by atoms with Gasteiger partial charge in [0.2, 0.25) is 0 Å². The van der Waals surface area contributed by atoms with E-state index >= 15 is 0 Å². The maximum atomic E-state index is 6.25. The van der Waals surface area contributed by atoms with E-state index in [2.05, 4.69) is 28.1 Å². The molecular weight excluding hydrogens is 220 g/mol. The van der Waals surface area contributed by atoms with Crippen LogP contribution in [0.1, 0.15) is 71.1 Å². The highest BCUT2D eigenvalue weighted by Crippen LogP contribution is 2.10. The van der Waals surface area contributed by atoms with Gasteiger partial charge >= 0.3 is 0 Å². The number of unbranched alkanes of at least 4 members (excludes halogenated alkanes) is 9. The Labute approximate surface area is 116 Å². The van der Waals surface area contributed by atoms with Gasteiger partial charge in [-0.15, -0.1) is 0 Å². The highest BCUT2D eigenvalue weighted by atomic mass is 15.3. The zero-order valence-electron chi connectivity index (χ0n) is 13.2. The van der Waals surface area contributed by atoms with Crippen molar-refractivity contribution in [3.63, 3.8) is 0 Å². The molecule has 0 fully saturated rings. The molecule has 0 heterocycles. The van der Waals surface area contributed by atoms with Crippen molar-refractivity contribution in [2.24, 2.45) is 0 Å². The van der Waals surface area contributed by atoms with Gasteiger partial charge in [0.15, 0.2) is 0 Å². The van der Waals surface area contributed by atoms with Gasteiger partial charge in [0.1, 0.15) is 0 Å². The predicted molar refractivity (Wildman–Crippen MR) is 79.7 cm³/mol. The van der Waals surface area contributed by atoms with Gasteiger partial charge in [-0.2, -0.15) is 0 Å². The molecule has 0 N–H and O–H groups in total. The van der Waals surface area contributed by atoms with Crippen molar-refractivity contribution >= 4 is 0 Å². The summed E-state index contributed by atoms with van der Waals surface area (Å²) in [7, 11) is 6.86. The fourth-order valence-electron chi connectivity index (χ4n) is 2.07. The number of rotatable bonds is 11. The van der Waals surface area contributed by atoms with Crippen LogP contribution >= 0.6 is 0 Å². The molecule has 2 nitrogen and oxygen atoms in total. The summed E-state index contributed by atoms with van der Waals surface area (Å²) < 4.78 is 1.12. The van der Waals surface area contributed by atoms with Crippen LogP contribution in [0, 0.1) is 11.8 Å². The van der Waals surface area contributed by atoms with E-state index in [9.17, 15) is 0 Å². The molecule has 0 bridgehead atoms. The van der Waals surface area contributed by atoms with Crippen LogP contribution in [-0.2, 0) is 0 Å². The van der Waals surface area contributed by atoms with Gasteiger partial charge in [0, 0.05) is 0 Å². The summed E-state index contributed by atoms with van der Waals surface area (Å²) in [6.45, 7) is 8.37. The summed E-state index contributed by atoms with van der Waals surface area (Å²) in [4.78, 5) is 0. The molecule has 0 aromatic carbocycles. The molecular formula is C16H34N2. The summed E-state index contributed by atoms with van der Waals surface area (Å²) in [6, 6.07) is 0. The molecule has 0 aliphatic carbocycles. The quantitative estimate of drug-likeness (QED) is 0.297. The molecule has 0 aromatic rings. The number of nitrogens with zero attached hydrogens (tertiary/aromatic N) is 2. The van der Waals surface area contributed by atoms with Crippen LogP contribution in [0.5, 0.6) is 0 Å². The summed E-state index contributed by atoms with van der Waals surface area (Å²) in [6.07, 6.45) is 14.4. The average Bonchev–Trinajstić information content (AvgIpc) is 2.33. The van der Waals surface area contributed by atoms with Crippen molar-refractivity contribution in [2.45, 2.75) is 71.1 Å². The Morgan fingerprint density at radius 2 is 1.00 bits per heavy atom. The van der Waals surface area contributed by atoms with Crippen LogP contribution in [0.4, 0.5) is 0 Å². The molecule has 0 aliphatic heterocycles. The predicted octanol–water partition coefficient (Wildman–Crippen LogP) is 4.71. The van der Waals surface area contributed by atoms with Crippen LogP contribution in [-0.4, -0.2) is 32.2 Å². The second kappa shape index (κ2) is 14.5. The van der Waals surface area contributed by atoms with Gasteiger partial charge in [0.25, 0.3) is 0 Å². The molecule has 0 amide bonds. The minimum Gasteiger partial charge on any atom is -0.512 e. The van der Waals surface area contributed by atoms with E-state index in [0.29, 0.717) is 0 Å². The highest BCUT2D eigenvalue weighted by Gasteiger charge is 2.04. The van der Waals surface area contributed by atoms with Gasteiger partial charge < -0.3 is 16.3 Å². The maximum absolute atomic E-state index is 6.25. The Kier molecular flexibility index (Phi) is 15.9. The molecule has 0 aliphatic rings. The average molecular weight is 254 g/mol. The van der Waals surface area contributed by atoms with Gasteiger partial charge in [0.05, 0.1) is 27.7 Å². The normalized spacial score (nSPS) is 10.8. The summed E-state index contributed by atoms with van der Waals surface area (Å²) in [5, 5.41) is 6.25. The Bertz CT molecular complexity index is 168. The third-order valence-corrected chi connectivity index (χ3v) is 3.18. The zero-order chi connectivity index (χ0) is 14.3. The lowest BCUT2D eigenvalue weighted by Crippen LogP contribution is -2.35. The van der Waals surface area contributed by atoms with E-state index in [0.717, 1.165) is 4.48 Å². The molecule has 0 aromatic heterocycles. The minimum atomic E-state index is 1.12. The smallest absolute Gasteiger partial charge is 0.0780 e. The molecule has 108 valence electrons. The first-order valence-corrected chi connectivity index (χ1v) is 7.59. The van der Waals surface area contributed by atoms with Crippen molar-refractivity contribution in [3.8, 4) is 0 Å². The molecule has 0 saturated carbocycles. The van der Waals surface area contributed by atoms with E-state index in [1.807, 2.05) is 0 Å². The van der Waals surface area contributed by atoms with E-state index in [1.165, 1.54) is 70.8 Å². The van der Waals surface area contributed by atoms with Gasteiger partial charge in [-0.1, -0.05) is 58.3 Å². The SMILES string of the molecule is CCCCCCCCCCCC[N+](C)(C)C.[C-]#N. The first-order chi connectivity index (χ1) is 8.56. The fraction of sp³-hybridized carbons (Fsp3) is 0.938. The van der Waals surface area contributed by atoms with E-state index in [-0.39, 0.29) is 0 Å². The largest absolute Gasteiger partial charge is 0.512 e. The number of hydrogen-bond donors (Lipinski definition) is 0. The molecule has 0 unspecified atom stereocenters. The van der Waals surface area contributed by atoms with Gasteiger partial charge in [-0.05, 0) is 12.8 Å². The van der Waals surface area contributed by atoms with Gasteiger partial charge in [-0.3, -0.25) is 0 Å². The summed E-state index contributed by atoms with van der Waals surface area (Å²) in [5.74, 6) is 0. The second-order valence-electron chi connectivity index (χ2n) is 6.20. The van der Waals surface area contributed by atoms with Crippen molar-refractivity contribution in [1.29, 1.82) is 5.26 Å². The Balaban J connectivity index is 0. The fourth-order valence-corrected chi connectivity index (χ4v) is 2.07. The third-order valence-electron chi connectivity index (χ3n) is 3.18. The first-order valence-electron chi connectivity index (χ1n) is 7.59. The second-order valence-corrected chi connectivity index (χ2v) is 6.20. The van der Waals surface area contributed by atoms with Gasteiger partial charge in [-0.25, -0.2) is 0 Å². The van der Waals surface area contributed by atoms with Crippen LogP contribution in [0.2, 0.25) is 0 Å². The maximum Gasteiger partial charge on any atom is 0.0780 e. The molecule has 0 saturated heterocycles. The zero-order valence-corrected chi connectivity index (χ0v) is 13.2. The van der Waals surface area contributed by atoms with Crippen molar-refractivity contribution < 1.29 is 4.48 Å². The molecule has 0 spiro atoms. The van der Waals surface area contributed by atoms with E-state index in [4.69, 9.17) is 11.8 Å². The lowest BCUT2D eigenvalue weighted by Gasteiger charge is -2.23. The first kappa shape index (κ1) is 19.8. The van der Waals surface area contributed by atoms with Crippen molar-refractivity contribution in [1.82, 2.24) is 0 Å². The van der Waals surface area contributed by atoms with E-state index < -0.39 is 0 Å². The number of hydrogen-bond acceptors (Lipinski definition) is 1. The van der Waals surface area contributed by atoms with Crippen LogP contribution in [0.15, 0.2) is 0 Å². The molecule has 2 heteroatoms. The highest BCUT2D eigenvalue weighted by molar-refractivity contribution is 4.47. The topological polar surface area (TPSA) is 23.8 Å². The molecule has 0 atom stereocenters. The third kappa shape index (κ3) is 20.8. The van der Waals surface area contributed by atoms with Crippen molar-refractivity contribution in [3.05, 3.63) is 6.57 Å². The Morgan fingerprint density at radius 3 is 1.33 bits per heavy atom.